The molecule has 8 bridgehead atoms. The van der Waals surface area contributed by atoms with Gasteiger partial charge in [-0.05, 0) is 109 Å². The monoisotopic (exact) mass is 918 g/mol. The molecule has 0 aromatic rings. The lowest BCUT2D eigenvalue weighted by atomic mass is 9.81. The molecule has 9 heterocycles. The second kappa shape index (κ2) is 21.2. The highest BCUT2D eigenvalue weighted by Gasteiger charge is 2.53. The van der Waals surface area contributed by atoms with Gasteiger partial charge in [0.1, 0.15) is 47.6 Å². The molecule has 3 N–H and O–H groups in total. The molecule has 9 aliphatic rings. The minimum Gasteiger partial charge on any atom is -0.444 e. The molecule has 2 unspecified atom stereocenters. The summed E-state index contributed by atoms with van der Waals surface area (Å²) in [6, 6.07) is 0. The summed E-state index contributed by atoms with van der Waals surface area (Å²) in [5.41, 5.74) is 0.483. The predicted octanol–water partition coefficient (Wildman–Crippen LogP) is 5.88. The maximum atomic E-state index is 14.3. The normalized spacial score (nSPS) is 43.9. The van der Waals surface area contributed by atoms with Crippen molar-refractivity contribution in [3.8, 4) is 0 Å². The molecular formula is C50H79NO14. The lowest BCUT2D eigenvalue weighted by Crippen LogP contribution is -2.63. The third-order valence-electron chi connectivity index (χ3n) is 14.9. The summed E-state index contributed by atoms with van der Waals surface area (Å²) >= 11 is 0. The Hall–Kier alpha value is -2.28. The lowest BCUT2D eigenvalue weighted by Gasteiger charge is -2.48. The average Bonchev–Trinajstić information content (AvgIpc) is 3.86. The molecule has 0 radical (unpaired) electrons. The van der Waals surface area contributed by atoms with Gasteiger partial charge in [-0.1, -0.05) is 32.2 Å². The Morgan fingerprint density at radius 3 is 2.25 bits per heavy atom. The molecule has 0 spiro atoms. The third-order valence-corrected chi connectivity index (χ3v) is 14.9. The molecule has 6 saturated heterocycles. The fourth-order valence-electron chi connectivity index (χ4n) is 11.5. The van der Waals surface area contributed by atoms with Crippen LogP contribution in [0.2, 0.25) is 0 Å². The number of aliphatic hydroxyl groups is 3. The van der Waals surface area contributed by atoms with Crippen molar-refractivity contribution in [2.75, 3.05) is 20.8 Å². The minimum atomic E-state index is -1.20. The van der Waals surface area contributed by atoms with E-state index in [4.69, 9.17) is 42.6 Å². The molecule has 6 fully saturated rings. The van der Waals surface area contributed by atoms with Crippen LogP contribution in [0.4, 0.5) is 4.79 Å². The van der Waals surface area contributed by atoms with Gasteiger partial charge in [0.2, 0.25) is 0 Å². The summed E-state index contributed by atoms with van der Waals surface area (Å²) < 4.78 is 57.4. The quantitative estimate of drug-likeness (QED) is 0.285. The summed E-state index contributed by atoms with van der Waals surface area (Å²) in [4.78, 5) is 29.2. The number of rotatable bonds is 4. The van der Waals surface area contributed by atoms with Crippen molar-refractivity contribution in [3.05, 3.63) is 36.5 Å². The maximum absolute atomic E-state index is 14.3. The lowest BCUT2D eigenvalue weighted by molar-refractivity contribution is -0.278. The number of aliphatic hydroxyl groups excluding tert-OH is 3. The Balaban J connectivity index is 1.12. The van der Waals surface area contributed by atoms with Gasteiger partial charge in [-0.25, -0.2) is 4.79 Å². The highest BCUT2D eigenvalue weighted by atomic mass is 16.6. The van der Waals surface area contributed by atoms with Gasteiger partial charge in [0, 0.05) is 45.8 Å². The standard InChI is InChI=1S/C50H79NO14/c1-27-20-33-16-18-38-28(2)21-32(59-38)15-14-30(52)12-11-13-37(54)45-43(55)47(58-10)46-39(63-45)19-17-34(61-46)22-31(53)23-36-41(25-40(60-33)29(27)3)62-42(44(36)57-9)24-35-26-51(50(7,8)64-35)48(56)65-49(4,5)6/h11,13,27,30,32-47,52,54-55H,2-3,12,14-26H2,1,4-10H3/b13-11+/t27-,30?,32+,33+,34-,35+,36+,37+,38+,39+,40?,41+,42-,43-,44-,45+,46+,47-/m1/s1. The second-order valence-electron chi connectivity index (χ2n) is 21.4. The topological polar surface area (TPSA) is 181 Å². The fourth-order valence-corrected chi connectivity index (χ4v) is 11.5. The molecule has 1 amide bonds. The van der Waals surface area contributed by atoms with Crippen LogP contribution < -0.4 is 0 Å². The average molecular weight is 918 g/mol. The van der Waals surface area contributed by atoms with Crippen molar-refractivity contribution in [2.45, 2.75) is 234 Å². The zero-order valence-corrected chi connectivity index (χ0v) is 40.1. The van der Waals surface area contributed by atoms with E-state index >= 15 is 0 Å². The Bertz CT molecular complexity index is 1700. The van der Waals surface area contributed by atoms with Crippen LogP contribution in [0.5, 0.6) is 0 Å². The molecule has 0 saturated carbocycles. The highest BCUT2D eigenvalue weighted by Crippen LogP contribution is 2.44. The number of ketones is 1. The van der Waals surface area contributed by atoms with Crippen LogP contribution in [0.15, 0.2) is 36.5 Å². The highest BCUT2D eigenvalue weighted by molar-refractivity contribution is 5.79. The van der Waals surface area contributed by atoms with Crippen molar-refractivity contribution in [3.63, 3.8) is 0 Å². The van der Waals surface area contributed by atoms with E-state index in [1.807, 2.05) is 34.6 Å². The van der Waals surface area contributed by atoms with Crippen molar-refractivity contribution in [1.82, 2.24) is 4.90 Å². The van der Waals surface area contributed by atoms with E-state index in [2.05, 4.69) is 20.1 Å². The third kappa shape index (κ3) is 12.1. The van der Waals surface area contributed by atoms with Gasteiger partial charge in [0.05, 0.1) is 73.7 Å². The van der Waals surface area contributed by atoms with Gasteiger partial charge >= 0.3 is 6.09 Å². The number of nitrogens with zero attached hydrogens (tertiary/aromatic N) is 1. The van der Waals surface area contributed by atoms with E-state index in [0.717, 1.165) is 36.8 Å². The van der Waals surface area contributed by atoms with Gasteiger partial charge in [0.15, 0.2) is 0 Å². The molecule has 9 rings (SSSR count). The number of carbonyl (C=O) groups is 2. The summed E-state index contributed by atoms with van der Waals surface area (Å²) in [5, 5.41) is 33.5. The SMILES string of the molecule is C=C1C2C[C@@H]3O[C@H](C[C@H]4CN(C(=O)OC(C)(C)C)C(C)(C)O4)[C@H](OC)[C@H]3CC(=O)C[C@H]3CC[C@@H]4O[C@H]([C@@H](O)[C@@H](OC)[C@H]4O3)[C@@H](O)/C=C/CC(O)CC[C@H]3CC(=C)[C@H](CC[C@@H](C[C@H]1C)O2)O3. The van der Waals surface area contributed by atoms with E-state index in [1.54, 1.807) is 24.2 Å². The van der Waals surface area contributed by atoms with Crippen LogP contribution >= 0.6 is 0 Å². The van der Waals surface area contributed by atoms with Gasteiger partial charge in [-0.3, -0.25) is 9.69 Å². The van der Waals surface area contributed by atoms with E-state index in [-0.39, 0.29) is 61.0 Å². The van der Waals surface area contributed by atoms with E-state index in [0.29, 0.717) is 51.5 Å². The summed E-state index contributed by atoms with van der Waals surface area (Å²) in [7, 11) is 3.15. The predicted molar refractivity (Wildman–Crippen MR) is 240 cm³/mol. The first kappa shape index (κ1) is 50.6. The van der Waals surface area contributed by atoms with Crippen LogP contribution in [0.3, 0.4) is 0 Å². The van der Waals surface area contributed by atoms with Crippen LogP contribution in [-0.2, 0) is 47.4 Å². The number of ether oxygens (including phenoxy) is 9. The molecule has 368 valence electrons. The molecule has 15 heteroatoms. The zero-order chi connectivity index (χ0) is 47.0. The molecule has 0 aromatic carbocycles. The number of hydrogen-bond donors (Lipinski definition) is 3. The second-order valence-corrected chi connectivity index (χ2v) is 21.4. The Kier molecular flexibility index (Phi) is 16.5. The Labute approximate surface area is 386 Å². The fraction of sp³-hybridized carbons (Fsp3) is 0.840. The Morgan fingerprint density at radius 1 is 0.831 bits per heavy atom. The van der Waals surface area contributed by atoms with Crippen molar-refractivity contribution in [1.29, 1.82) is 0 Å². The number of carbonyl (C=O) groups excluding carboxylic acids is 2. The molecule has 15 nitrogen and oxygen atoms in total. The largest absolute Gasteiger partial charge is 0.444 e. The first-order chi connectivity index (χ1) is 30.7. The van der Waals surface area contributed by atoms with E-state index < -0.39 is 84.6 Å². The maximum Gasteiger partial charge on any atom is 0.412 e. The number of amides is 1. The summed E-state index contributed by atoms with van der Waals surface area (Å²) in [6.45, 7) is 20.6. The molecule has 18 atom stereocenters. The number of Topliss-reactive ketones (excluding diaryl/α,β-unsaturated/α-hetero) is 1. The number of hydrogen-bond acceptors (Lipinski definition) is 14. The number of methoxy groups -OCH3 is 2. The molecule has 0 aliphatic carbocycles. The molecule has 9 aliphatic heterocycles. The van der Waals surface area contributed by atoms with Crippen molar-refractivity contribution >= 4 is 11.9 Å². The van der Waals surface area contributed by atoms with Gasteiger partial charge < -0.3 is 58.0 Å². The van der Waals surface area contributed by atoms with Crippen molar-refractivity contribution in [2.24, 2.45) is 11.8 Å². The molecule has 0 aromatic heterocycles. The van der Waals surface area contributed by atoms with Gasteiger partial charge in [-0.2, -0.15) is 0 Å². The summed E-state index contributed by atoms with van der Waals surface area (Å²) in [6.07, 6.45) is 1.40. The van der Waals surface area contributed by atoms with Crippen LogP contribution in [0, 0.1) is 11.8 Å². The number of fused-ring (bicyclic) bond motifs is 2. The van der Waals surface area contributed by atoms with E-state index in [1.165, 1.54) is 7.11 Å². The molecular weight excluding hydrogens is 839 g/mol. The minimum absolute atomic E-state index is 0.00180. The first-order valence-corrected chi connectivity index (χ1v) is 24.3. The summed E-state index contributed by atoms with van der Waals surface area (Å²) in [5.74, 6) is -0.123. The smallest absolute Gasteiger partial charge is 0.412 e. The van der Waals surface area contributed by atoms with Crippen LogP contribution in [0.25, 0.3) is 0 Å². The van der Waals surface area contributed by atoms with E-state index in [9.17, 15) is 24.9 Å². The molecule has 65 heavy (non-hydrogen) atoms. The van der Waals surface area contributed by atoms with Gasteiger partial charge in [0.25, 0.3) is 0 Å². The Morgan fingerprint density at radius 2 is 1.52 bits per heavy atom. The van der Waals surface area contributed by atoms with Crippen LogP contribution in [-0.4, -0.2) is 162 Å². The zero-order valence-electron chi connectivity index (χ0n) is 40.1. The van der Waals surface area contributed by atoms with Crippen molar-refractivity contribution < 1.29 is 67.5 Å². The first-order valence-electron chi connectivity index (χ1n) is 24.3. The van der Waals surface area contributed by atoms with Gasteiger partial charge in [-0.15, -0.1) is 0 Å². The van der Waals surface area contributed by atoms with Crippen LogP contribution in [0.1, 0.15) is 125 Å².